The molecule has 0 bridgehead atoms. The van der Waals surface area contributed by atoms with Crippen molar-refractivity contribution in [2.24, 2.45) is 0 Å². The number of benzene rings is 1. The fourth-order valence-electron chi connectivity index (χ4n) is 2.01. The second-order valence-corrected chi connectivity index (χ2v) is 4.69. The number of hydrogen-bond donors (Lipinski definition) is 2. The number of ether oxygens (including phenoxy) is 1. The maximum Gasteiger partial charge on any atom is 0.119 e. The Balaban J connectivity index is 1.70. The largest absolute Gasteiger partial charge is 0.508 e. The molecule has 0 unspecified atom stereocenters. The summed E-state index contributed by atoms with van der Waals surface area (Å²) < 4.78 is 5.63. The van der Waals surface area contributed by atoms with E-state index in [-0.39, 0.29) is 12.4 Å². The molecule has 0 amide bonds. The van der Waals surface area contributed by atoms with Crippen LogP contribution in [0.5, 0.6) is 11.5 Å². The zero-order valence-corrected chi connectivity index (χ0v) is 10.6. The molecule has 1 aliphatic carbocycles. The smallest absolute Gasteiger partial charge is 0.119 e. The number of phenolic OH excluding ortho intramolecular Hbond substituents is 1. The second kappa shape index (κ2) is 6.61. The van der Waals surface area contributed by atoms with Crippen molar-refractivity contribution in [3.63, 3.8) is 0 Å². The number of aliphatic hydroxyl groups excluding tert-OH is 1. The van der Waals surface area contributed by atoms with Gasteiger partial charge in [0.1, 0.15) is 18.1 Å². The highest BCUT2D eigenvalue weighted by Crippen LogP contribution is 2.26. The molecule has 0 aromatic heterocycles. The van der Waals surface area contributed by atoms with Gasteiger partial charge in [0.25, 0.3) is 0 Å². The van der Waals surface area contributed by atoms with Crippen LogP contribution >= 0.6 is 0 Å². The summed E-state index contributed by atoms with van der Waals surface area (Å²) in [5.74, 6) is 1.04. The molecule has 2 N–H and O–H groups in total. The molecule has 0 atom stereocenters. The maximum atomic E-state index is 9.16. The highest BCUT2D eigenvalue weighted by molar-refractivity contribution is 5.29. The Bertz CT molecular complexity index is 349. The van der Waals surface area contributed by atoms with Gasteiger partial charge in [0.2, 0.25) is 0 Å². The third-order valence-electron chi connectivity index (χ3n) is 3.15. The lowest BCUT2D eigenvalue weighted by atomic mass is 10.3. The van der Waals surface area contributed by atoms with Crippen molar-refractivity contribution in [2.75, 3.05) is 26.3 Å². The van der Waals surface area contributed by atoms with Gasteiger partial charge in [-0.1, -0.05) is 0 Å². The van der Waals surface area contributed by atoms with Crippen LogP contribution in [-0.2, 0) is 0 Å². The van der Waals surface area contributed by atoms with Gasteiger partial charge in [0.05, 0.1) is 0 Å². The Kier molecular flexibility index (Phi) is 4.84. The fraction of sp³-hybridized carbons (Fsp3) is 0.571. The Hall–Kier alpha value is -1.26. The van der Waals surface area contributed by atoms with Crippen molar-refractivity contribution in [3.8, 4) is 11.5 Å². The molecule has 0 radical (unpaired) electrons. The molecule has 1 fully saturated rings. The van der Waals surface area contributed by atoms with E-state index >= 15 is 0 Å². The molecule has 1 aromatic rings. The molecule has 1 saturated carbocycles. The van der Waals surface area contributed by atoms with E-state index in [0.29, 0.717) is 12.6 Å². The summed E-state index contributed by atoms with van der Waals surface area (Å²) in [7, 11) is 0. The average Bonchev–Trinajstić information content (AvgIpc) is 3.20. The number of phenols is 1. The topological polar surface area (TPSA) is 52.9 Å². The molecule has 18 heavy (non-hydrogen) atoms. The number of aliphatic hydroxyl groups is 1. The average molecular weight is 251 g/mol. The van der Waals surface area contributed by atoms with Gasteiger partial charge in [-0.3, -0.25) is 4.90 Å². The predicted octanol–water partition coefficient (Wildman–Crippen LogP) is 1.62. The minimum Gasteiger partial charge on any atom is -0.508 e. The molecule has 0 aliphatic heterocycles. The Morgan fingerprint density at radius 2 is 1.89 bits per heavy atom. The van der Waals surface area contributed by atoms with E-state index in [1.54, 1.807) is 24.3 Å². The highest BCUT2D eigenvalue weighted by atomic mass is 16.5. The van der Waals surface area contributed by atoms with E-state index in [9.17, 15) is 0 Å². The second-order valence-electron chi connectivity index (χ2n) is 4.69. The Morgan fingerprint density at radius 3 is 2.50 bits per heavy atom. The van der Waals surface area contributed by atoms with Gasteiger partial charge in [0.15, 0.2) is 0 Å². The molecule has 1 aliphatic rings. The minimum absolute atomic E-state index is 0.252. The normalized spacial score (nSPS) is 15.0. The quantitative estimate of drug-likeness (QED) is 0.737. The van der Waals surface area contributed by atoms with E-state index in [1.165, 1.54) is 12.8 Å². The van der Waals surface area contributed by atoms with Crippen LogP contribution in [0.3, 0.4) is 0 Å². The molecule has 4 heteroatoms. The van der Waals surface area contributed by atoms with Gasteiger partial charge < -0.3 is 14.9 Å². The van der Waals surface area contributed by atoms with Crippen LogP contribution in [0.2, 0.25) is 0 Å². The van der Waals surface area contributed by atoms with E-state index < -0.39 is 0 Å². The minimum atomic E-state index is 0.252. The van der Waals surface area contributed by atoms with Crippen molar-refractivity contribution >= 4 is 0 Å². The van der Waals surface area contributed by atoms with Crippen molar-refractivity contribution < 1.29 is 14.9 Å². The van der Waals surface area contributed by atoms with Crippen molar-refractivity contribution in [1.29, 1.82) is 0 Å². The molecule has 0 heterocycles. The Morgan fingerprint density at radius 1 is 1.17 bits per heavy atom. The van der Waals surface area contributed by atoms with Crippen molar-refractivity contribution in [1.82, 2.24) is 4.90 Å². The predicted molar refractivity (Wildman–Crippen MR) is 69.9 cm³/mol. The van der Waals surface area contributed by atoms with Crippen LogP contribution in [-0.4, -0.2) is 47.5 Å². The monoisotopic (exact) mass is 251 g/mol. The zero-order valence-electron chi connectivity index (χ0n) is 10.6. The lowest BCUT2D eigenvalue weighted by molar-refractivity contribution is 0.182. The van der Waals surface area contributed by atoms with Crippen LogP contribution in [0.1, 0.15) is 19.3 Å². The molecule has 1 aromatic carbocycles. The fourth-order valence-corrected chi connectivity index (χ4v) is 2.01. The molecular weight excluding hydrogens is 230 g/mol. The standard InChI is InChI=1S/C14H21NO3/c16-10-1-8-15(12-2-3-12)9-11-18-14-6-4-13(17)5-7-14/h4-7,12,16-17H,1-3,8-11H2. The first-order valence-electron chi connectivity index (χ1n) is 6.56. The van der Waals surface area contributed by atoms with Gasteiger partial charge >= 0.3 is 0 Å². The molecule has 0 spiro atoms. The van der Waals surface area contributed by atoms with Gasteiger partial charge in [-0.2, -0.15) is 0 Å². The van der Waals surface area contributed by atoms with Crippen LogP contribution in [0, 0.1) is 0 Å². The lowest BCUT2D eigenvalue weighted by Gasteiger charge is -2.21. The number of aromatic hydroxyl groups is 1. The summed E-state index contributed by atoms with van der Waals surface area (Å²) in [6.45, 7) is 2.74. The first-order valence-corrected chi connectivity index (χ1v) is 6.56. The molecule has 4 nitrogen and oxygen atoms in total. The molecule has 100 valence electrons. The summed E-state index contributed by atoms with van der Waals surface area (Å²) in [5, 5.41) is 18.0. The van der Waals surface area contributed by atoms with Crippen LogP contribution < -0.4 is 4.74 Å². The number of rotatable bonds is 8. The molecule has 0 saturated heterocycles. The van der Waals surface area contributed by atoms with Gasteiger partial charge in [-0.25, -0.2) is 0 Å². The molecule has 2 rings (SSSR count). The zero-order chi connectivity index (χ0) is 12.8. The van der Waals surface area contributed by atoms with E-state index in [0.717, 1.165) is 25.3 Å². The first-order chi connectivity index (χ1) is 8.79. The van der Waals surface area contributed by atoms with E-state index in [2.05, 4.69) is 4.90 Å². The summed E-state index contributed by atoms with van der Waals surface area (Å²) in [4.78, 5) is 2.39. The Labute approximate surface area is 108 Å². The van der Waals surface area contributed by atoms with Crippen LogP contribution in [0.15, 0.2) is 24.3 Å². The van der Waals surface area contributed by atoms with Crippen molar-refractivity contribution in [2.45, 2.75) is 25.3 Å². The van der Waals surface area contributed by atoms with E-state index in [1.807, 2.05) is 0 Å². The summed E-state index contributed by atoms with van der Waals surface area (Å²) in [6.07, 6.45) is 3.37. The SMILES string of the molecule is OCCCN(CCOc1ccc(O)cc1)C1CC1. The molecular formula is C14H21NO3. The maximum absolute atomic E-state index is 9.16. The van der Waals surface area contributed by atoms with Gasteiger partial charge in [0, 0.05) is 25.7 Å². The summed E-state index contributed by atoms with van der Waals surface area (Å²) in [5.41, 5.74) is 0. The number of hydrogen-bond acceptors (Lipinski definition) is 4. The van der Waals surface area contributed by atoms with Crippen LogP contribution in [0.25, 0.3) is 0 Å². The summed E-state index contributed by atoms with van der Waals surface area (Å²) in [6, 6.07) is 7.48. The van der Waals surface area contributed by atoms with Gasteiger partial charge in [-0.05, 0) is 43.5 Å². The number of nitrogens with zero attached hydrogens (tertiary/aromatic N) is 1. The third-order valence-corrected chi connectivity index (χ3v) is 3.15. The van der Waals surface area contributed by atoms with Gasteiger partial charge in [-0.15, -0.1) is 0 Å². The third kappa shape index (κ3) is 4.20. The van der Waals surface area contributed by atoms with Crippen LogP contribution in [0.4, 0.5) is 0 Å². The highest BCUT2D eigenvalue weighted by Gasteiger charge is 2.28. The van der Waals surface area contributed by atoms with Crippen molar-refractivity contribution in [3.05, 3.63) is 24.3 Å². The lowest BCUT2D eigenvalue weighted by Crippen LogP contribution is -2.32. The first kappa shape index (κ1) is 13.2. The van der Waals surface area contributed by atoms with E-state index in [4.69, 9.17) is 14.9 Å². The summed E-state index contributed by atoms with van der Waals surface area (Å²) >= 11 is 0.